The summed E-state index contributed by atoms with van der Waals surface area (Å²) in [5, 5.41) is 12.0. The van der Waals surface area contributed by atoms with Crippen molar-refractivity contribution in [1.29, 1.82) is 0 Å². The van der Waals surface area contributed by atoms with Crippen LogP contribution in [0.3, 0.4) is 0 Å². The Labute approximate surface area is 86.3 Å². The lowest BCUT2D eigenvalue weighted by atomic mass is 10.2. The van der Waals surface area contributed by atoms with Gasteiger partial charge in [0.15, 0.2) is 0 Å². The van der Waals surface area contributed by atoms with E-state index in [0.29, 0.717) is 0 Å². The largest absolute Gasteiger partial charge is 0.466 e. The zero-order chi connectivity index (χ0) is 9.84. The molecule has 1 aromatic heterocycles. The van der Waals surface area contributed by atoms with Crippen LogP contribution in [-0.2, 0) is 0 Å². The Balaban J connectivity index is 2.58. The van der Waals surface area contributed by atoms with Gasteiger partial charge in [0.1, 0.15) is 5.76 Å². The van der Waals surface area contributed by atoms with E-state index < -0.39 is 0 Å². The van der Waals surface area contributed by atoms with E-state index in [4.69, 9.17) is 9.52 Å². The van der Waals surface area contributed by atoms with E-state index in [1.807, 2.05) is 19.9 Å². The molecule has 0 aliphatic carbocycles. The van der Waals surface area contributed by atoms with Crippen molar-refractivity contribution in [2.45, 2.75) is 25.9 Å². The molecule has 2 N–H and O–H groups in total. The van der Waals surface area contributed by atoms with E-state index in [2.05, 4.69) is 21.2 Å². The van der Waals surface area contributed by atoms with Crippen molar-refractivity contribution in [3.63, 3.8) is 0 Å². The number of hydrogen-bond donors (Lipinski definition) is 2. The van der Waals surface area contributed by atoms with Crippen molar-refractivity contribution < 1.29 is 9.52 Å². The van der Waals surface area contributed by atoms with Gasteiger partial charge in [-0.15, -0.1) is 0 Å². The Bertz CT molecular complexity index is 262. The van der Waals surface area contributed by atoms with Crippen molar-refractivity contribution in [2.24, 2.45) is 0 Å². The third kappa shape index (κ3) is 2.83. The van der Waals surface area contributed by atoms with Crippen LogP contribution in [0.15, 0.2) is 21.2 Å². The predicted molar refractivity (Wildman–Crippen MR) is 54.5 cm³/mol. The molecule has 13 heavy (non-hydrogen) atoms. The zero-order valence-corrected chi connectivity index (χ0v) is 9.34. The second-order valence-electron chi connectivity index (χ2n) is 3.10. The van der Waals surface area contributed by atoms with Crippen LogP contribution in [-0.4, -0.2) is 17.8 Å². The predicted octanol–water partition coefficient (Wildman–Crippen LogP) is 2.07. The maximum atomic E-state index is 8.85. The van der Waals surface area contributed by atoms with E-state index in [1.165, 1.54) is 0 Å². The lowest BCUT2D eigenvalue weighted by molar-refractivity contribution is 0.238. The van der Waals surface area contributed by atoms with Gasteiger partial charge in [0.25, 0.3) is 0 Å². The molecule has 0 amide bonds. The summed E-state index contributed by atoms with van der Waals surface area (Å²) in [5.74, 6) is 0.861. The Morgan fingerprint density at radius 2 is 2.31 bits per heavy atom. The summed E-state index contributed by atoms with van der Waals surface area (Å²) < 4.78 is 6.24. The van der Waals surface area contributed by atoms with E-state index in [9.17, 15) is 0 Å². The normalized spacial score (nSPS) is 15.7. The molecule has 0 bridgehead atoms. The Morgan fingerprint density at radius 1 is 1.62 bits per heavy atom. The van der Waals surface area contributed by atoms with Crippen molar-refractivity contribution >= 4 is 15.9 Å². The molecule has 0 fully saturated rings. The number of nitrogens with one attached hydrogen (secondary N) is 1. The molecule has 2 atom stereocenters. The molecule has 3 nitrogen and oxygen atoms in total. The van der Waals surface area contributed by atoms with Crippen molar-refractivity contribution in [3.05, 3.63) is 22.6 Å². The molecule has 0 saturated carbocycles. The first-order valence-corrected chi connectivity index (χ1v) is 5.04. The highest BCUT2D eigenvalue weighted by atomic mass is 79.9. The molecular formula is C9H14BrNO2. The molecule has 0 aliphatic heterocycles. The fourth-order valence-electron chi connectivity index (χ4n) is 1.17. The molecule has 0 aliphatic rings. The minimum Gasteiger partial charge on any atom is -0.466 e. The third-order valence-corrected chi connectivity index (χ3v) is 2.50. The first-order valence-electron chi connectivity index (χ1n) is 4.25. The Kier molecular flexibility index (Phi) is 3.96. The van der Waals surface area contributed by atoms with Crippen molar-refractivity contribution in [3.8, 4) is 0 Å². The van der Waals surface area contributed by atoms with Crippen LogP contribution >= 0.6 is 15.9 Å². The molecule has 1 aromatic rings. The minimum absolute atomic E-state index is 0.0759. The second kappa shape index (κ2) is 4.79. The van der Waals surface area contributed by atoms with Gasteiger partial charge in [0.2, 0.25) is 0 Å². The van der Waals surface area contributed by atoms with Gasteiger partial charge in [-0.1, -0.05) is 0 Å². The van der Waals surface area contributed by atoms with Crippen molar-refractivity contribution in [2.75, 3.05) is 6.61 Å². The van der Waals surface area contributed by atoms with Gasteiger partial charge in [-0.05, 0) is 35.8 Å². The van der Waals surface area contributed by atoms with E-state index in [0.717, 1.165) is 10.2 Å². The summed E-state index contributed by atoms with van der Waals surface area (Å²) >= 11 is 3.38. The number of aliphatic hydroxyl groups is 1. The van der Waals surface area contributed by atoms with E-state index in [-0.39, 0.29) is 18.7 Å². The second-order valence-corrected chi connectivity index (χ2v) is 3.96. The van der Waals surface area contributed by atoms with E-state index >= 15 is 0 Å². The summed E-state index contributed by atoms with van der Waals surface area (Å²) in [7, 11) is 0. The topological polar surface area (TPSA) is 45.4 Å². The Morgan fingerprint density at radius 3 is 2.77 bits per heavy atom. The number of furan rings is 1. The van der Waals surface area contributed by atoms with Crippen molar-refractivity contribution in [1.82, 2.24) is 5.32 Å². The fraction of sp³-hybridized carbons (Fsp3) is 0.556. The lowest BCUT2D eigenvalue weighted by Crippen LogP contribution is -2.31. The van der Waals surface area contributed by atoms with Gasteiger partial charge < -0.3 is 14.8 Å². The molecule has 0 spiro atoms. The van der Waals surface area contributed by atoms with Crippen LogP contribution in [0.5, 0.6) is 0 Å². The molecular weight excluding hydrogens is 234 g/mol. The summed E-state index contributed by atoms with van der Waals surface area (Å²) in [6, 6.07) is 2.04. The van der Waals surface area contributed by atoms with Crippen LogP contribution in [0.1, 0.15) is 25.6 Å². The monoisotopic (exact) mass is 247 g/mol. The lowest BCUT2D eigenvalue weighted by Gasteiger charge is -2.16. The maximum Gasteiger partial charge on any atom is 0.134 e. The van der Waals surface area contributed by atoms with Crippen LogP contribution in [0, 0.1) is 0 Å². The summed E-state index contributed by atoms with van der Waals surface area (Å²) in [5.41, 5.74) is 0. The Hall–Kier alpha value is -0.320. The highest BCUT2D eigenvalue weighted by Crippen LogP contribution is 2.24. The van der Waals surface area contributed by atoms with Gasteiger partial charge in [-0.25, -0.2) is 0 Å². The number of aliphatic hydroxyl groups excluding tert-OH is 1. The highest BCUT2D eigenvalue weighted by molar-refractivity contribution is 9.10. The first kappa shape index (κ1) is 10.8. The molecule has 1 unspecified atom stereocenters. The SMILES string of the molecule is CC(N[C@@H](C)CO)c1occc1Br. The fourth-order valence-corrected chi connectivity index (χ4v) is 1.71. The summed E-state index contributed by atoms with van der Waals surface area (Å²) in [6.07, 6.45) is 1.64. The summed E-state index contributed by atoms with van der Waals surface area (Å²) in [4.78, 5) is 0. The number of hydrogen-bond acceptors (Lipinski definition) is 3. The zero-order valence-electron chi connectivity index (χ0n) is 7.75. The van der Waals surface area contributed by atoms with Crippen LogP contribution in [0.25, 0.3) is 0 Å². The quantitative estimate of drug-likeness (QED) is 0.857. The average molecular weight is 248 g/mol. The van der Waals surface area contributed by atoms with Crippen LogP contribution in [0.2, 0.25) is 0 Å². The maximum absolute atomic E-state index is 8.85. The number of rotatable bonds is 4. The standard InChI is InChI=1S/C9H14BrNO2/c1-6(5-12)11-7(2)9-8(10)3-4-13-9/h3-4,6-7,11-12H,5H2,1-2H3/t6-,7?/m0/s1. The summed E-state index contributed by atoms with van der Waals surface area (Å²) in [6.45, 7) is 4.05. The highest BCUT2D eigenvalue weighted by Gasteiger charge is 2.14. The van der Waals surface area contributed by atoms with Crippen LogP contribution in [0.4, 0.5) is 0 Å². The van der Waals surface area contributed by atoms with E-state index in [1.54, 1.807) is 6.26 Å². The molecule has 4 heteroatoms. The molecule has 0 aromatic carbocycles. The van der Waals surface area contributed by atoms with Crippen LogP contribution < -0.4 is 5.32 Å². The molecule has 74 valence electrons. The average Bonchev–Trinajstić information content (AvgIpc) is 2.51. The molecule has 1 heterocycles. The minimum atomic E-state index is 0.0759. The number of halogens is 1. The van der Waals surface area contributed by atoms with Gasteiger partial charge in [0, 0.05) is 6.04 Å². The molecule has 1 rings (SSSR count). The third-order valence-electron chi connectivity index (χ3n) is 1.85. The van der Waals surface area contributed by atoms with Gasteiger partial charge in [-0.3, -0.25) is 0 Å². The molecule has 0 radical (unpaired) electrons. The van der Waals surface area contributed by atoms with Gasteiger partial charge >= 0.3 is 0 Å². The smallest absolute Gasteiger partial charge is 0.134 e. The molecule has 0 saturated heterocycles. The first-order chi connectivity index (χ1) is 6.15. The van der Waals surface area contributed by atoms with Gasteiger partial charge in [-0.2, -0.15) is 0 Å². The van der Waals surface area contributed by atoms with Gasteiger partial charge in [0.05, 0.1) is 23.4 Å².